The zero-order chi connectivity index (χ0) is 14.1. The Bertz CT molecular complexity index is 450. The van der Waals surface area contributed by atoms with Crippen LogP contribution < -0.4 is 4.72 Å². The average Bonchev–Trinajstić information content (AvgIpc) is 2.39. The second kappa shape index (κ2) is 8.68. The number of alkyl halides is 1. The van der Waals surface area contributed by atoms with E-state index in [9.17, 15) is 8.42 Å². The van der Waals surface area contributed by atoms with Crippen LogP contribution in [0.4, 0.5) is 0 Å². The summed E-state index contributed by atoms with van der Waals surface area (Å²) in [7, 11) is -3.26. The Hall–Kier alpha value is -0.430. The van der Waals surface area contributed by atoms with Gasteiger partial charge in [-0.15, -0.1) is 0 Å². The van der Waals surface area contributed by atoms with E-state index in [1.165, 1.54) is 0 Å². The SMILES string of the molecule is CC(CS(=O)(=O)NCCOCCBr)c1ccccc1. The third kappa shape index (κ3) is 7.06. The number of sulfonamides is 1. The molecule has 4 nitrogen and oxygen atoms in total. The van der Waals surface area contributed by atoms with Crippen LogP contribution in [0.25, 0.3) is 0 Å². The maximum absolute atomic E-state index is 11.9. The molecule has 0 aliphatic heterocycles. The lowest BCUT2D eigenvalue weighted by atomic mass is 10.0. The van der Waals surface area contributed by atoms with E-state index in [4.69, 9.17) is 4.74 Å². The first kappa shape index (κ1) is 16.6. The zero-order valence-corrected chi connectivity index (χ0v) is 13.4. The quantitative estimate of drug-likeness (QED) is 0.548. The number of benzene rings is 1. The van der Waals surface area contributed by atoms with Gasteiger partial charge in [-0.05, 0) is 11.5 Å². The van der Waals surface area contributed by atoms with E-state index in [0.717, 1.165) is 10.9 Å². The van der Waals surface area contributed by atoms with Crippen molar-refractivity contribution < 1.29 is 13.2 Å². The third-order valence-corrected chi connectivity index (χ3v) is 4.53. The minimum Gasteiger partial charge on any atom is -0.379 e. The van der Waals surface area contributed by atoms with Gasteiger partial charge in [0.25, 0.3) is 0 Å². The molecule has 0 saturated carbocycles. The van der Waals surface area contributed by atoms with Crippen molar-refractivity contribution in [3.63, 3.8) is 0 Å². The van der Waals surface area contributed by atoms with Crippen LogP contribution in [0.15, 0.2) is 30.3 Å². The van der Waals surface area contributed by atoms with E-state index in [0.29, 0.717) is 19.8 Å². The Morgan fingerprint density at radius 2 is 1.95 bits per heavy atom. The molecule has 0 spiro atoms. The van der Waals surface area contributed by atoms with Crippen molar-refractivity contribution in [1.29, 1.82) is 0 Å². The molecule has 0 amide bonds. The van der Waals surface area contributed by atoms with Gasteiger partial charge < -0.3 is 4.74 Å². The van der Waals surface area contributed by atoms with Crippen LogP contribution in [0, 0.1) is 0 Å². The van der Waals surface area contributed by atoms with E-state index in [2.05, 4.69) is 20.7 Å². The van der Waals surface area contributed by atoms with E-state index in [1.54, 1.807) is 0 Å². The first-order valence-electron chi connectivity index (χ1n) is 6.21. The molecule has 1 atom stereocenters. The molecule has 1 rings (SSSR count). The Morgan fingerprint density at radius 1 is 1.26 bits per heavy atom. The molecule has 0 aliphatic carbocycles. The van der Waals surface area contributed by atoms with Gasteiger partial charge in [0.1, 0.15) is 0 Å². The lowest BCUT2D eigenvalue weighted by molar-refractivity contribution is 0.156. The fraction of sp³-hybridized carbons (Fsp3) is 0.538. The van der Waals surface area contributed by atoms with Crippen molar-refractivity contribution in [3.8, 4) is 0 Å². The first-order chi connectivity index (χ1) is 9.05. The molecule has 0 bridgehead atoms. The number of nitrogens with one attached hydrogen (secondary N) is 1. The summed E-state index contributed by atoms with van der Waals surface area (Å²) in [5.74, 6) is 0.0669. The molecular weight excluding hydrogens is 330 g/mol. The van der Waals surface area contributed by atoms with Gasteiger partial charge in [0.2, 0.25) is 10.0 Å². The van der Waals surface area contributed by atoms with Crippen molar-refractivity contribution in [2.75, 3.05) is 30.8 Å². The molecule has 1 aromatic rings. The van der Waals surface area contributed by atoms with Crippen molar-refractivity contribution >= 4 is 26.0 Å². The van der Waals surface area contributed by atoms with Crippen molar-refractivity contribution in [2.24, 2.45) is 0 Å². The van der Waals surface area contributed by atoms with Crippen LogP contribution in [0.1, 0.15) is 18.4 Å². The minimum atomic E-state index is -3.26. The van der Waals surface area contributed by atoms with Gasteiger partial charge in [-0.2, -0.15) is 0 Å². The fourth-order valence-electron chi connectivity index (χ4n) is 1.69. The van der Waals surface area contributed by atoms with E-state index < -0.39 is 10.0 Å². The van der Waals surface area contributed by atoms with E-state index in [1.807, 2.05) is 37.3 Å². The van der Waals surface area contributed by atoms with Crippen LogP contribution in [0.3, 0.4) is 0 Å². The second-order valence-corrected chi connectivity index (χ2v) is 6.93. The molecule has 0 saturated heterocycles. The molecule has 0 aliphatic rings. The van der Waals surface area contributed by atoms with Gasteiger partial charge in [0, 0.05) is 11.9 Å². The van der Waals surface area contributed by atoms with Gasteiger partial charge in [-0.1, -0.05) is 53.2 Å². The molecule has 0 heterocycles. The zero-order valence-electron chi connectivity index (χ0n) is 11.0. The van der Waals surface area contributed by atoms with Gasteiger partial charge in [-0.3, -0.25) is 0 Å². The summed E-state index contributed by atoms with van der Waals surface area (Å²) < 4.78 is 31.5. The second-order valence-electron chi connectivity index (χ2n) is 4.29. The standard InChI is InChI=1S/C13H20BrNO3S/c1-12(13-5-3-2-4-6-13)11-19(16,17)15-8-10-18-9-7-14/h2-6,12,15H,7-11H2,1H3. The predicted molar refractivity (Wildman–Crippen MR) is 81.3 cm³/mol. The fourth-order valence-corrected chi connectivity index (χ4v) is 3.28. The largest absolute Gasteiger partial charge is 0.379 e. The minimum absolute atomic E-state index is 0.0258. The highest BCUT2D eigenvalue weighted by atomic mass is 79.9. The topological polar surface area (TPSA) is 55.4 Å². The highest BCUT2D eigenvalue weighted by molar-refractivity contribution is 9.09. The normalized spacial score (nSPS) is 13.4. The molecule has 1 unspecified atom stereocenters. The monoisotopic (exact) mass is 349 g/mol. The third-order valence-electron chi connectivity index (χ3n) is 2.63. The Kier molecular flexibility index (Phi) is 7.60. The summed E-state index contributed by atoms with van der Waals surface area (Å²) in [6.45, 7) is 3.21. The Morgan fingerprint density at radius 3 is 2.58 bits per heavy atom. The molecule has 1 N–H and O–H groups in total. The van der Waals surface area contributed by atoms with Crippen LogP contribution in [0.2, 0.25) is 0 Å². The summed E-state index contributed by atoms with van der Waals surface area (Å²) in [6, 6.07) is 9.64. The Balaban J connectivity index is 2.38. The van der Waals surface area contributed by atoms with Crippen LogP contribution in [0.5, 0.6) is 0 Å². The number of rotatable bonds is 9. The molecular formula is C13H20BrNO3S. The predicted octanol–water partition coefficient (Wildman–Crippen LogP) is 2.12. The summed E-state index contributed by atoms with van der Waals surface area (Å²) in [6.07, 6.45) is 0. The van der Waals surface area contributed by atoms with Gasteiger partial charge in [-0.25, -0.2) is 13.1 Å². The van der Waals surface area contributed by atoms with Crippen molar-refractivity contribution in [2.45, 2.75) is 12.8 Å². The highest BCUT2D eigenvalue weighted by Gasteiger charge is 2.16. The van der Waals surface area contributed by atoms with Gasteiger partial charge >= 0.3 is 0 Å². The lowest BCUT2D eigenvalue weighted by Crippen LogP contribution is -2.31. The molecule has 1 aromatic carbocycles. The van der Waals surface area contributed by atoms with Crippen molar-refractivity contribution in [1.82, 2.24) is 4.72 Å². The summed E-state index contributed by atoms with van der Waals surface area (Å²) in [5, 5.41) is 0.755. The maximum Gasteiger partial charge on any atom is 0.212 e. The molecule has 6 heteroatoms. The number of hydrogen-bond donors (Lipinski definition) is 1. The summed E-state index contributed by atoms with van der Waals surface area (Å²) >= 11 is 3.24. The van der Waals surface area contributed by atoms with Crippen LogP contribution in [-0.4, -0.2) is 39.3 Å². The van der Waals surface area contributed by atoms with Crippen LogP contribution >= 0.6 is 15.9 Å². The Labute approximate surface area is 123 Å². The van der Waals surface area contributed by atoms with E-state index >= 15 is 0 Å². The summed E-state index contributed by atoms with van der Waals surface area (Å²) in [4.78, 5) is 0. The highest BCUT2D eigenvalue weighted by Crippen LogP contribution is 2.15. The smallest absolute Gasteiger partial charge is 0.212 e. The van der Waals surface area contributed by atoms with Gasteiger partial charge in [0.05, 0.1) is 19.0 Å². The molecule has 0 aromatic heterocycles. The maximum atomic E-state index is 11.9. The van der Waals surface area contributed by atoms with E-state index in [-0.39, 0.29) is 11.7 Å². The average molecular weight is 350 g/mol. The molecule has 0 fully saturated rings. The molecule has 19 heavy (non-hydrogen) atoms. The number of halogens is 1. The van der Waals surface area contributed by atoms with Crippen LogP contribution in [-0.2, 0) is 14.8 Å². The molecule has 108 valence electrons. The summed E-state index contributed by atoms with van der Waals surface area (Å²) in [5.41, 5.74) is 1.03. The lowest BCUT2D eigenvalue weighted by Gasteiger charge is -2.13. The number of ether oxygens (including phenoxy) is 1. The first-order valence-corrected chi connectivity index (χ1v) is 8.98. The molecule has 0 radical (unpaired) electrons. The van der Waals surface area contributed by atoms with Crippen molar-refractivity contribution in [3.05, 3.63) is 35.9 Å². The number of hydrogen-bond acceptors (Lipinski definition) is 3. The van der Waals surface area contributed by atoms with Gasteiger partial charge in [0.15, 0.2) is 0 Å².